The van der Waals surface area contributed by atoms with Gasteiger partial charge in [0.15, 0.2) is 11.2 Å². The third kappa shape index (κ3) is 3.62. The Kier molecular flexibility index (Phi) is 5.10. The Labute approximate surface area is 142 Å². The molecule has 1 amide bonds. The molecule has 1 atom stereocenters. The van der Waals surface area contributed by atoms with Crippen LogP contribution in [-0.4, -0.2) is 41.7 Å². The van der Waals surface area contributed by atoms with Crippen LogP contribution < -0.4 is 16.6 Å². The highest BCUT2D eigenvalue weighted by Gasteiger charge is 2.23. The largest absolute Gasteiger partial charge is 0.480 e. The lowest BCUT2D eigenvalue weighted by atomic mass is 10.0. The summed E-state index contributed by atoms with van der Waals surface area (Å²) in [5, 5.41) is 11.5. The van der Waals surface area contributed by atoms with Crippen LogP contribution in [0, 0.1) is 5.92 Å². The van der Waals surface area contributed by atoms with Crippen molar-refractivity contribution in [1.82, 2.24) is 24.0 Å². The zero-order valence-corrected chi connectivity index (χ0v) is 14.5. The van der Waals surface area contributed by atoms with Crippen LogP contribution in [0.5, 0.6) is 0 Å². The first-order valence-corrected chi connectivity index (χ1v) is 7.76. The molecule has 0 aliphatic rings. The first kappa shape index (κ1) is 18.4. The summed E-state index contributed by atoms with van der Waals surface area (Å²) in [5.41, 5.74) is -0.935. The van der Waals surface area contributed by atoms with E-state index in [1.165, 1.54) is 22.5 Å². The summed E-state index contributed by atoms with van der Waals surface area (Å²) in [6.07, 6.45) is 1.65. The lowest BCUT2D eigenvalue weighted by Crippen LogP contribution is -2.47. The van der Waals surface area contributed by atoms with Crippen molar-refractivity contribution in [3.05, 3.63) is 27.2 Å². The third-order valence-electron chi connectivity index (χ3n) is 3.84. The Balaban J connectivity index is 2.35. The number of rotatable bonds is 6. The van der Waals surface area contributed by atoms with E-state index in [4.69, 9.17) is 0 Å². The summed E-state index contributed by atoms with van der Waals surface area (Å²) in [6, 6.07) is -1.08. The molecule has 0 aliphatic heterocycles. The smallest absolute Gasteiger partial charge is 0.332 e. The number of amides is 1. The quantitative estimate of drug-likeness (QED) is 0.690. The molecule has 25 heavy (non-hydrogen) atoms. The van der Waals surface area contributed by atoms with Crippen molar-refractivity contribution < 1.29 is 14.7 Å². The molecule has 0 aliphatic carbocycles. The average molecular weight is 351 g/mol. The number of aryl methyl sites for hydroxylation is 2. The highest BCUT2D eigenvalue weighted by molar-refractivity contribution is 5.83. The number of nitrogens with one attached hydrogen (secondary N) is 1. The van der Waals surface area contributed by atoms with Crippen LogP contribution in [0.3, 0.4) is 0 Å². The van der Waals surface area contributed by atoms with E-state index >= 15 is 0 Å². The van der Waals surface area contributed by atoms with Gasteiger partial charge in [0.1, 0.15) is 12.6 Å². The fourth-order valence-corrected chi connectivity index (χ4v) is 2.61. The van der Waals surface area contributed by atoms with Gasteiger partial charge in [-0.25, -0.2) is 19.1 Å². The number of carboxylic acid groups (broad SMARTS) is 1. The maximum atomic E-state index is 12.5. The molecule has 0 radical (unpaired) electrons. The number of aromatic nitrogens is 4. The van der Waals surface area contributed by atoms with E-state index in [1.807, 2.05) is 13.8 Å². The van der Waals surface area contributed by atoms with E-state index in [9.17, 15) is 24.3 Å². The molecule has 2 N–H and O–H groups in total. The molecule has 0 saturated heterocycles. The second-order valence-corrected chi connectivity index (χ2v) is 6.35. The van der Waals surface area contributed by atoms with Crippen LogP contribution in [0.1, 0.15) is 20.3 Å². The standard InChI is InChI=1S/C15H21N5O5/c1-8(2)5-9(14(23)24)17-10(21)6-20-13(22)11-12(16-7-18(11)3)19(4)15(20)25/h7-9H,5-6H2,1-4H3,(H,17,21)(H,23,24)/t9-/m1/s1. The number of imidazole rings is 1. The van der Waals surface area contributed by atoms with Gasteiger partial charge < -0.3 is 15.0 Å². The van der Waals surface area contributed by atoms with E-state index < -0.39 is 35.7 Å². The van der Waals surface area contributed by atoms with Crippen molar-refractivity contribution in [2.75, 3.05) is 0 Å². The predicted octanol–water partition coefficient (Wildman–Crippen LogP) is -0.951. The number of carbonyl (C=O) groups is 2. The molecule has 0 fully saturated rings. The molecule has 0 spiro atoms. The Morgan fingerprint density at radius 1 is 1.28 bits per heavy atom. The Morgan fingerprint density at radius 2 is 1.92 bits per heavy atom. The van der Waals surface area contributed by atoms with Gasteiger partial charge in [-0.2, -0.15) is 0 Å². The fourth-order valence-electron chi connectivity index (χ4n) is 2.61. The van der Waals surface area contributed by atoms with Crippen molar-refractivity contribution in [3.63, 3.8) is 0 Å². The monoisotopic (exact) mass is 351 g/mol. The molecular weight excluding hydrogens is 330 g/mol. The Bertz CT molecular complexity index is 936. The number of nitrogens with zero attached hydrogens (tertiary/aromatic N) is 4. The molecule has 2 rings (SSSR count). The second-order valence-electron chi connectivity index (χ2n) is 6.35. The van der Waals surface area contributed by atoms with Gasteiger partial charge >= 0.3 is 11.7 Å². The van der Waals surface area contributed by atoms with Crippen molar-refractivity contribution in [2.45, 2.75) is 32.9 Å². The number of aliphatic carboxylic acids is 1. The summed E-state index contributed by atoms with van der Waals surface area (Å²) in [7, 11) is 3.05. The maximum absolute atomic E-state index is 12.5. The highest BCUT2D eigenvalue weighted by Crippen LogP contribution is 2.05. The lowest BCUT2D eigenvalue weighted by Gasteiger charge is -2.17. The molecule has 2 aromatic heterocycles. The van der Waals surface area contributed by atoms with Gasteiger partial charge in [-0.05, 0) is 12.3 Å². The normalized spacial score (nSPS) is 12.5. The summed E-state index contributed by atoms with van der Waals surface area (Å²) >= 11 is 0. The topological polar surface area (TPSA) is 128 Å². The lowest BCUT2D eigenvalue weighted by molar-refractivity contribution is -0.142. The van der Waals surface area contributed by atoms with E-state index in [-0.39, 0.29) is 23.5 Å². The molecule has 0 aromatic carbocycles. The van der Waals surface area contributed by atoms with E-state index in [0.29, 0.717) is 0 Å². The number of carbonyl (C=O) groups excluding carboxylic acids is 1. The molecule has 10 heteroatoms. The number of fused-ring (bicyclic) bond motifs is 1. The van der Waals surface area contributed by atoms with Crippen LogP contribution in [0.15, 0.2) is 15.9 Å². The van der Waals surface area contributed by atoms with E-state index in [1.54, 1.807) is 7.05 Å². The fraction of sp³-hybridized carbons (Fsp3) is 0.533. The van der Waals surface area contributed by atoms with Gasteiger partial charge in [-0.15, -0.1) is 0 Å². The van der Waals surface area contributed by atoms with Crippen LogP contribution in [-0.2, 0) is 30.2 Å². The number of carboxylic acids is 1. The van der Waals surface area contributed by atoms with E-state index in [0.717, 1.165) is 4.57 Å². The van der Waals surface area contributed by atoms with E-state index in [2.05, 4.69) is 10.3 Å². The van der Waals surface area contributed by atoms with Crippen LogP contribution in [0.4, 0.5) is 0 Å². The summed E-state index contributed by atoms with van der Waals surface area (Å²) in [5.74, 6) is -1.82. The Morgan fingerprint density at radius 3 is 2.48 bits per heavy atom. The number of hydrogen-bond acceptors (Lipinski definition) is 5. The van der Waals surface area contributed by atoms with Gasteiger partial charge in [0.25, 0.3) is 5.56 Å². The van der Waals surface area contributed by atoms with Gasteiger partial charge in [0.2, 0.25) is 5.91 Å². The van der Waals surface area contributed by atoms with Gasteiger partial charge in [0, 0.05) is 14.1 Å². The third-order valence-corrected chi connectivity index (χ3v) is 3.84. The van der Waals surface area contributed by atoms with Crippen molar-refractivity contribution in [2.24, 2.45) is 20.0 Å². The summed E-state index contributed by atoms with van der Waals surface area (Å²) in [4.78, 5) is 52.2. The number of hydrogen-bond donors (Lipinski definition) is 2. The molecule has 0 saturated carbocycles. The van der Waals surface area contributed by atoms with Crippen LogP contribution in [0.25, 0.3) is 11.2 Å². The molecule has 0 bridgehead atoms. The first-order valence-electron chi connectivity index (χ1n) is 7.76. The second kappa shape index (κ2) is 6.91. The minimum atomic E-state index is -1.16. The zero-order chi connectivity index (χ0) is 18.9. The minimum absolute atomic E-state index is 0.0581. The maximum Gasteiger partial charge on any atom is 0.332 e. The molecular formula is C15H21N5O5. The predicted molar refractivity (Wildman–Crippen MR) is 89.2 cm³/mol. The van der Waals surface area contributed by atoms with Crippen LogP contribution >= 0.6 is 0 Å². The molecule has 136 valence electrons. The highest BCUT2D eigenvalue weighted by atomic mass is 16.4. The first-order chi connectivity index (χ1) is 11.6. The van der Waals surface area contributed by atoms with Gasteiger partial charge in [0.05, 0.1) is 6.33 Å². The summed E-state index contributed by atoms with van der Waals surface area (Å²) < 4.78 is 3.41. The van der Waals surface area contributed by atoms with Crippen molar-refractivity contribution in [3.8, 4) is 0 Å². The molecule has 2 aromatic rings. The SMILES string of the molecule is CC(C)C[C@@H](NC(=O)Cn1c(=O)c2c(ncn2C)n(C)c1=O)C(=O)O. The Hall–Kier alpha value is -2.91. The molecule has 0 unspecified atom stereocenters. The average Bonchev–Trinajstić information content (AvgIpc) is 2.90. The van der Waals surface area contributed by atoms with Gasteiger partial charge in [-0.1, -0.05) is 13.8 Å². The van der Waals surface area contributed by atoms with Crippen LogP contribution in [0.2, 0.25) is 0 Å². The molecule has 10 nitrogen and oxygen atoms in total. The zero-order valence-electron chi connectivity index (χ0n) is 14.5. The van der Waals surface area contributed by atoms with Gasteiger partial charge in [-0.3, -0.25) is 14.2 Å². The van der Waals surface area contributed by atoms with Crippen molar-refractivity contribution in [1.29, 1.82) is 0 Å². The van der Waals surface area contributed by atoms with Crippen molar-refractivity contribution >= 4 is 23.0 Å². The minimum Gasteiger partial charge on any atom is -0.480 e. The summed E-state index contributed by atoms with van der Waals surface area (Å²) in [6.45, 7) is 3.10. The molecule has 2 heterocycles.